The molecule has 21 heavy (non-hydrogen) atoms. The number of ether oxygens (including phenoxy) is 2. The van der Waals surface area contributed by atoms with Crippen LogP contribution in [0.2, 0.25) is 0 Å². The molecule has 0 bridgehead atoms. The molecule has 0 radical (unpaired) electrons. The maximum absolute atomic E-state index is 6.71. The van der Waals surface area contributed by atoms with Gasteiger partial charge in [-0.15, -0.1) is 0 Å². The average Bonchev–Trinajstić information content (AvgIpc) is 2.48. The van der Waals surface area contributed by atoms with Crippen LogP contribution in [-0.2, 0) is 9.47 Å². The second kappa shape index (κ2) is 7.94. The van der Waals surface area contributed by atoms with Gasteiger partial charge in [-0.2, -0.15) is 0 Å². The van der Waals surface area contributed by atoms with Gasteiger partial charge >= 0.3 is 0 Å². The summed E-state index contributed by atoms with van der Waals surface area (Å²) >= 11 is 0. The van der Waals surface area contributed by atoms with Crippen molar-refractivity contribution in [2.24, 2.45) is 5.92 Å². The van der Waals surface area contributed by atoms with Gasteiger partial charge in [0.05, 0.1) is 17.8 Å². The van der Waals surface area contributed by atoms with Crippen LogP contribution >= 0.6 is 0 Å². The number of nitrogens with one attached hydrogen (secondary N) is 1. The molecule has 0 spiro atoms. The maximum atomic E-state index is 6.71. The van der Waals surface area contributed by atoms with Crippen LogP contribution in [0, 0.1) is 5.92 Å². The highest BCUT2D eigenvalue weighted by molar-refractivity contribution is 4.91. The molecule has 0 aromatic carbocycles. The Morgan fingerprint density at radius 1 is 1.10 bits per heavy atom. The van der Waals surface area contributed by atoms with Crippen LogP contribution < -0.4 is 5.32 Å². The molecule has 0 aromatic heterocycles. The molecule has 2 saturated carbocycles. The summed E-state index contributed by atoms with van der Waals surface area (Å²) in [5.74, 6) is 0.860. The van der Waals surface area contributed by atoms with Gasteiger partial charge in [0.2, 0.25) is 0 Å². The highest BCUT2D eigenvalue weighted by Gasteiger charge is 2.38. The Kier molecular flexibility index (Phi) is 6.51. The smallest absolute Gasteiger partial charge is 0.0810 e. The van der Waals surface area contributed by atoms with Gasteiger partial charge in [0.15, 0.2) is 0 Å². The molecular formula is C18H35NO2. The van der Waals surface area contributed by atoms with E-state index in [0.717, 1.165) is 18.9 Å². The predicted molar refractivity (Wildman–Crippen MR) is 87.6 cm³/mol. The van der Waals surface area contributed by atoms with Crippen LogP contribution in [0.15, 0.2) is 0 Å². The Hall–Kier alpha value is -0.120. The Balaban J connectivity index is 1.94. The van der Waals surface area contributed by atoms with Crippen molar-refractivity contribution in [3.63, 3.8) is 0 Å². The predicted octanol–water partition coefficient (Wildman–Crippen LogP) is 3.91. The fraction of sp³-hybridized carbons (Fsp3) is 1.00. The van der Waals surface area contributed by atoms with Crippen molar-refractivity contribution in [1.29, 1.82) is 0 Å². The molecule has 0 aliphatic heterocycles. The van der Waals surface area contributed by atoms with E-state index < -0.39 is 0 Å². The summed E-state index contributed by atoms with van der Waals surface area (Å²) in [5, 5.41) is 3.63. The molecule has 2 fully saturated rings. The van der Waals surface area contributed by atoms with Crippen LogP contribution in [0.5, 0.6) is 0 Å². The van der Waals surface area contributed by atoms with E-state index in [-0.39, 0.29) is 5.60 Å². The highest BCUT2D eigenvalue weighted by atomic mass is 16.5. The molecule has 2 aliphatic rings. The van der Waals surface area contributed by atoms with Gasteiger partial charge < -0.3 is 14.8 Å². The van der Waals surface area contributed by atoms with Crippen molar-refractivity contribution in [3.05, 3.63) is 0 Å². The van der Waals surface area contributed by atoms with Crippen LogP contribution in [0.1, 0.15) is 72.1 Å². The Morgan fingerprint density at radius 2 is 1.76 bits per heavy atom. The first kappa shape index (κ1) is 17.2. The minimum absolute atomic E-state index is 0.0665. The number of hydrogen-bond acceptors (Lipinski definition) is 3. The molecule has 2 aliphatic carbocycles. The topological polar surface area (TPSA) is 30.5 Å². The molecule has 0 saturated heterocycles. The fourth-order valence-electron chi connectivity index (χ4n) is 3.79. The van der Waals surface area contributed by atoms with E-state index in [1.165, 1.54) is 44.9 Å². The summed E-state index contributed by atoms with van der Waals surface area (Å²) in [7, 11) is 1.84. The largest absolute Gasteiger partial charge is 0.381 e. The van der Waals surface area contributed by atoms with E-state index in [0.29, 0.717) is 18.2 Å². The lowest BCUT2D eigenvalue weighted by atomic mass is 9.78. The second-order valence-electron chi connectivity index (χ2n) is 7.67. The lowest BCUT2D eigenvalue weighted by Gasteiger charge is -2.44. The molecule has 0 heterocycles. The van der Waals surface area contributed by atoms with E-state index in [2.05, 4.69) is 26.1 Å². The first-order chi connectivity index (χ1) is 10.0. The molecule has 2 unspecified atom stereocenters. The van der Waals surface area contributed by atoms with Crippen molar-refractivity contribution < 1.29 is 9.47 Å². The lowest BCUT2D eigenvalue weighted by Crippen LogP contribution is -2.50. The van der Waals surface area contributed by atoms with Gasteiger partial charge in [0.1, 0.15) is 0 Å². The van der Waals surface area contributed by atoms with Crippen LogP contribution in [0.4, 0.5) is 0 Å². The highest BCUT2D eigenvalue weighted by Crippen LogP contribution is 2.37. The summed E-state index contributed by atoms with van der Waals surface area (Å²) in [6.07, 6.45) is 10.6. The monoisotopic (exact) mass is 297 g/mol. The average molecular weight is 297 g/mol. The fourth-order valence-corrected chi connectivity index (χ4v) is 3.79. The van der Waals surface area contributed by atoms with Gasteiger partial charge in [-0.25, -0.2) is 0 Å². The summed E-state index contributed by atoms with van der Waals surface area (Å²) in [4.78, 5) is 0. The minimum atomic E-state index is 0.0665. The van der Waals surface area contributed by atoms with Crippen molar-refractivity contribution in [1.82, 2.24) is 5.32 Å². The molecule has 2 rings (SSSR count). The third-order valence-electron chi connectivity index (χ3n) is 5.35. The summed E-state index contributed by atoms with van der Waals surface area (Å²) in [5.41, 5.74) is 0.0665. The summed E-state index contributed by atoms with van der Waals surface area (Å²) < 4.78 is 12.3. The molecule has 124 valence electrons. The quantitative estimate of drug-likeness (QED) is 0.806. The first-order valence-corrected chi connectivity index (χ1v) is 8.97. The Morgan fingerprint density at radius 3 is 2.38 bits per heavy atom. The van der Waals surface area contributed by atoms with Gasteiger partial charge in [0, 0.05) is 19.7 Å². The van der Waals surface area contributed by atoms with Crippen molar-refractivity contribution in [2.75, 3.05) is 13.7 Å². The summed E-state index contributed by atoms with van der Waals surface area (Å²) in [6.45, 7) is 7.83. The molecule has 0 amide bonds. The van der Waals surface area contributed by atoms with E-state index in [4.69, 9.17) is 9.47 Å². The van der Waals surface area contributed by atoms with Crippen molar-refractivity contribution in [2.45, 2.75) is 96.0 Å². The van der Waals surface area contributed by atoms with Gasteiger partial charge in [-0.05, 0) is 57.3 Å². The zero-order valence-electron chi connectivity index (χ0n) is 14.5. The van der Waals surface area contributed by atoms with E-state index in [1.54, 1.807) is 0 Å². The Bertz CT molecular complexity index is 298. The molecule has 0 aromatic rings. The van der Waals surface area contributed by atoms with Crippen molar-refractivity contribution in [3.8, 4) is 0 Å². The second-order valence-corrected chi connectivity index (χ2v) is 7.67. The molecule has 1 N–H and O–H groups in total. The normalized spacial score (nSPS) is 37.9. The van der Waals surface area contributed by atoms with Crippen LogP contribution in [0.25, 0.3) is 0 Å². The van der Waals surface area contributed by atoms with E-state index in [9.17, 15) is 0 Å². The van der Waals surface area contributed by atoms with Gasteiger partial charge in [0.25, 0.3) is 0 Å². The third-order valence-corrected chi connectivity index (χ3v) is 5.35. The Labute approximate surface area is 131 Å². The molecular weight excluding hydrogens is 262 g/mol. The third kappa shape index (κ3) is 5.22. The zero-order valence-corrected chi connectivity index (χ0v) is 14.5. The van der Waals surface area contributed by atoms with Gasteiger partial charge in [-0.1, -0.05) is 20.8 Å². The first-order valence-electron chi connectivity index (χ1n) is 8.97. The van der Waals surface area contributed by atoms with Gasteiger partial charge in [-0.3, -0.25) is 0 Å². The maximum Gasteiger partial charge on any atom is 0.0810 e. The van der Waals surface area contributed by atoms with Crippen LogP contribution in [0.3, 0.4) is 0 Å². The summed E-state index contributed by atoms with van der Waals surface area (Å²) in [6, 6.07) is 0.530. The standard InChI is InChI=1S/C18H35NO2/c1-14(2)19-13-18(10-8-15(3)9-11-18)21-17-7-5-6-16(12-17)20-4/h14-17,19H,5-13H2,1-4H3. The van der Waals surface area contributed by atoms with Crippen LogP contribution in [-0.4, -0.2) is 37.5 Å². The minimum Gasteiger partial charge on any atom is -0.381 e. The molecule has 3 nitrogen and oxygen atoms in total. The van der Waals surface area contributed by atoms with E-state index in [1.807, 2.05) is 7.11 Å². The SMILES string of the molecule is COC1CCCC(OC2(CNC(C)C)CCC(C)CC2)C1. The molecule has 2 atom stereocenters. The van der Waals surface area contributed by atoms with Crippen molar-refractivity contribution >= 4 is 0 Å². The number of methoxy groups -OCH3 is 1. The molecule has 3 heteroatoms. The lowest BCUT2D eigenvalue weighted by molar-refractivity contribution is -0.140. The number of rotatable bonds is 6. The zero-order chi connectivity index (χ0) is 15.3. The van der Waals surface area contributed by atoms with E-state index >= 15 is 0 Å². The number of hydrogen-bond donors (Lipinski definition) is 1.